The molecule has 90 valence electrons. The first-order chi connectivity index (χ1) is 8.40. The SMILES string of the molecule is CCCOc1ccccc1OCc1csnn1. The molecule has 0 saturated heterocycles. The number of nitrogens with zero attached hydrogens (tertiary/aromatic N) is 2. The van der Waals surface area contributed by atoms with Gasteiger partial charge in [0.1, 0.15) is 12.3 Å². The van der Waals surface area contributed by atoms with E-state index in [4.69, 9.17) is 9.47 Å². The molecule has 5 heteroatoms. The summed E-state index contributed by atoms with van der Waals surface area (Å²) in [6.07, 6.45) is 0.977. The Balaban J connectivity index is 1.99. The molecular formula is C12H14N2O2S. The molecule has 17 heavy (non-hydrogen) atoms. The van der Waals surface area contributed by atoms with Crippen LogP contribution in [-0.2, 0) is 6.61 Å². The van der Waals surface area contributed by atoms with Crippen molar-refractivity contribution in [3.8, 4) is 11.5 Å². The van der Waals surface area contributed by atoms with E-state index in [0.717, 1.165) is 23.6 Å². The van der Waals surface area contributed by atoms with Crippen molar-refractivity contribution >= 4 is 11.5 Å². The van der Waals surface area contributed by atoms with Crippen LogP contribution in [0.5, 0.6) is 11.5 Å². The Morgan fingerprint density at radius 2 is 1.94 bits per heavy atom. The highest BCUT2D eigenvalue weighted by Crippen LogP contribution is 2.27. The number of ether oxygens (including phenoxy) is 2. The van der Waals surface area contributed by atoms with E-state index in [2.05, 4.69) is 16.5 Å². The maximum Gasteiger partial charge on any atom is 0.161 e. The molecule has 0 saturated carbocycles. The normalized spacial score (nSPS) is 10.2. The molecule has 0 radical (unpaired) electrons. The number of benzene rings is 1. The summed E-state index contributed by atoms with van der Waals surface area (Å²) in [5.74, 6) is 1.52. The molecule has 0 aliphatic heterocycles. The molecule has 0 atom stereocenters. The summed E-state index contributed by atoms with van der Waals surface area (Å²) in [6, 6.07) is 7.66. The maximum absolute atomic E-state index is 5.66. The summed E-state index contributed by atoms with van der Waals surface area (Å²) in [7, 11) is 0. The van der Waals surface area contributed by atoms with E-state index in [1.807, 2.05) is 29.6 Å². The molecular weight excluding hydrogens is 236 g/mol. The van der Waals surface area contributed by atoms with Crippen LogP contribution >= 0.6 is 11.5 Å². The Morgan fingerprint density at radius 1 is 1.18 bits per heavy atom. The molecule has 0 unspecified atom stereocenters. The van der Waals surface area contributed by atoms with Gasteiger partial charge in [-0.25, -0.2) is 0 Å². The van der Waals surface area contributed by atoms with Crippen molar-refractivity contribution in [2.75, 3.05) is 6.61 Å². The predicted octanol–water partition coefficient (Wildman–Crippen LogP) is 2.91. The first-order valence-corrected chi connectivity index (χ1v) is 6.34. The molecule has 0 spiro atoms. The lowest BCUT2D eigenvalue weighted by Crippen LogP contribution is -2.00. The van der Waals surface area contributed by atoms with Crippen molar-refractivity contribution in [2.24, 2.45) is 0 Å². The van der Waals surface area contributed by atoms with E-state index in [1.54, 1.807) is 0 Å². The largest absolute Gasteiger partial charge is 0.490 e. The molecule has 1 aromatic heterocycles. The molecule has 0 aliphatic rings. The van der Waals surface area contributed by atoms with Crippen LogP contribution in [0.1, 0.15) is 19.0 Å². The average molecular weight is 250 g/mol. The van der Waals surface area contributed by atoms with Gasteiger partial charge in [0.15, 0.2) is 11.5 Å². The van der Waals surface area contributed by atoms with Gasteiger partial charge in [-0.3, -0.25) is 0 Å². The Bertz CT molecular complexity index is 446. The lowest BCUT2D eigenvalue weighted by molar-refractivity contribution is 0.259. The highest BCUT2D eigenvalue weighted by atomic mass is 32.1. The van der Waals surface area contributed by atoms with Gasteiger partial charge >= 0.3 is 0 Å². The smallest absolute Gasteiger partial charge is 0.161 e. The topological polar surface area (TPSA) is 44.2 Å². The Labute approximate surface area is 104 Å². The number of para-hydroxylation sites is 2. The van der Waals surface area contributed by atoms with Gasteiger partial charge in [-0.15, -0.1) is 5.10 Å². The van der Waals surface area contributed by atoms with Gasteiger partial charge in [0.2, 0.25) is 0 Å². The second kappa shape index (κ2) is 6.20. The van der Waals surface area contributed by atoms with E-state index in [9.17, 15) is 0 Å². The third-order valence-electron chi connectivity index (χ3n) is 2.09. The van der Waals surface area contributed by atoms with Crippen LogP contribution in [-0.4, -0.2) is 16.2 Å². The van der Waals surface area contributed by atoms with Crippen LogP contribution in [0, 0.1) is 0 Å². The number of hydrogen-bond donors (Lipinski definition) is 0. The molecule has 4 nitrogen and oxygen atoms in total. The summed E-state index contributed by atoms with van der Waals surface area (Å²) >= 11 is 1.32. The van der Waals surface area contributed by atoms with Gasteiger partial charge in [-0.2, -0.15) is 0 Å². The van der Waals surface area contributed by atoms with Gasteiger partial charge in [0, 0.05) is 5.38 Å². The third kappa shape index (κ3) is 3.42. The van der Waals surface area contributed by atoms with Crippen molar-refractivity contribution in [1.82, 2.24) is 9.59 Å². The van der Waals surface area contributed by atoms with Crippen LogP contribution in [0.25, 0.3) is 0 Å². The molecule has 0 N–H and O–H groups in total. The molecule has 0 aliphatic carbocycles. The van der Waals surface area contributed by atoms with Crippen LogP contribution in [0.4, 0.5) is 0 Å². The maximum atomic E-state index is 5.66. The fraction of sp³-hybridized carbons (Fsp3) is 0.333. The van der Waals surface area contributed by atoms with Gasteiger partial charge < -0.3 is 9.47 Å². The lowest BCUT2D eigenvalue weighted by Gasteiger charge is -2.10. The lowest BCUT2D eigenvalue weighted by atomic mass is 10.3. The molecule has 1 heterocycles. The summed E-state index contributed by atoms with van der Waals surface area (Å²) in [6.45, 7) is 3.19. The predicted molar refractivity (Wildman–Crippen MR) is 66.5 cm³/mol. The van der Waals surface area contributed by atoms with Crippen LogP contribution in [0.2, 0.25) is 0 Å². The highest BCUT2D eigenvalue weighted by Gasteiger charge is 2.05. The Morgan fingerprint density at radius 3 is 2.59 bits per heavy atom. The minimum Gasteiger partial charge on any atom is -0.490 e. The molecule has 1 aromatic carbocycles. The number of hydrogen-bond acceptors (Lipinski definition) is 5. The zero-order chi connectivity index (χ0) is 11.9. The zero-order valence-corrected chi connectivity index (χ0v) is 10.4. The summed E-state index contributed by atoms with van der Waals surface area (Å²) in [5.41, 5.74) is 0.834. The molecule has 2 rings (SSSR count). The van der Waals surface area contributed by atoms with E-state index >= 15 is 0 Å². The fourth-order valence-corrected chi connectivity index (χ4v) is 1.74. The van der Waals surface area contributed by atoms with Crippen LogP contribution in [0.3, 0.4) is 0 Å². The van der Waals surface area contributed by atoms with E-state index < -0.39 is 0 Å². The highest BCUT2D eigenvalue weighted by molar-refractivity contribution is 7.03. The third-order valence-corrected chi connectivity index (χ3v) is 2.64. The van der Waals surface area contributed by atoms with Gasteiger partial charge in [0.25, 0.3) is 0 Å². The van der Waals surface area contributed by atoms with E-state index in [0.29, 0.717) is 13.2 Å². The average Bonchev–Trinajstić information content (AvgIpc) is 2.88. The Kier molecular flexibility index (Phi) is 4.32. The Hall–Kier alpha value is -1.62. The van der Waals surface area contributed by atoms with Gasteiger partial charge in [-0.1, -0.05) is 23.5 Å². The van der Waals surface area contributed by atoms with Crippen molar-refractivity contribution in [1.29, 1.82) is 0 Å². The van der Waals surface area contributed by atoms with E-state index in [-0.39, 0.29) is 0 Å². The van der Waals surface area contributed by atoms with Crippen LogP contribution < -0.4 is 9.47 Å². The second-order valence-corrected chi connectivity index (χ2v) is 4.09. The molecule has 0 fully saturated rings. The van der Waals surface area contributed by atoms with Crippen molar-refractivity contribution in [3.05, 3.63) is 35.3 Å². The molecule has 0 amide bonds. The number of aromatic nitrogens is 2. The fourth-order valence-electron chi connectivity index (χ4n) is 1.30. The van der Waals surface area contributed by atoms with Crippen molar-refractivity contribution in [3.63, 3.8) is 0 Å². The van der Waals surface area contributed by atoms with Crippen molar-refractivity contribution in [2.45, 2.75) is 20.0 Å². The first-order valence-electron chi connectivity index (χ1n) is 5.50. The van der Waals surface area contributed by atoms with E-state index in [1.165, 1.54) is 11.5 Å². The summed E-state index contributed by atoms with van der Waals surface area (Å²) in [5, 5.41) is 5.80. The molecule has 0 bridgehead atoms. The summed E-state index contributed by atoms with van der Waals surface area (Å²) < 4.78 is 15.0. The summed E-state index contributed by atoms with van der Waals surface area (Å²) in [4.78, 5) is 0. The van der Waals surface area contributed by atoms with Crippen molar-refractivity contribution < 1.29 is 9.47 Å². The minimum atomic E-state index is 0.420. The van der Waals surface area contributed by atoms with Gasteiger partial charge in [-0.05, 0) is 30.1 Å². The zero-order valence-electron chi connectivity index (χ0n) is 9.63. The first kappa shape index (κ1) is 11.9. The molecule has 2 aromatic rings. The quantitative estimate of drug-likeness (QED) is 0.790. The monoisotopic (exact) mass is 250 g/mol. The van der Waals surface area contributed by atoms with Crippen LogP contribution in [0.15, 0.2) is 29.6 Å². The standard InChI is InChI=1S/C12H14N2O2S/c1-2-7-15-11-5-3-4-6-12(11)16-8-10-9-17-14-13-10/h3-6,9H,2,7-8H2,1H3. The second-order valence-electron chi connectivity index (χ2n) is 3.48. The minimum absolute atomic E-state index is 0.420. The van der Waals surface area contributed by atoms with Gasteiger partial charge in [0.05, 0.1) is 6.61 Å². The number of rotatable bonds is 6.